The zero-order valence-electron chi connectivity index (χ0n) is 12.1. The molecule has 2 rings (SSSR count). The molecule has 17 heavy (non-hydrogen) atoms. The minimum atomic E-state index is 0.414. The van der Waals surface area contributed by atoms with Gasteiger partial charge < -0.3 is 10.2 Å². The number of nitrogens with one attached hydrogen (secondary N) is 1. The van der Waals surface area contributed by atoms with Gasteiger partial charge in [-0.3, -0.25) is 0 Å². The van der Waals surface area contributed by atoms with Crippen LogP contribution in [0.3, 0.4) is 0 Å². The van der Waals surface area contributed by atoms with Crippen molar-refractivity contribution < 1.29 is 0 Å². The average molecular weight is 238 g/mol. The van der Waals surface area contributed by atoms with E-state index in [2.05, 4.69) is 37.9 Å². The van der Waals surface area contributed by atoms with Gasteiger partial charge in [-0.1, -0.05) is 20.8 Å². The number of hydrogen-bond donors (Lipinski definition) is 1. The molecule has 2 aliphatic rings. The van der Waals surface area contributed by atoms with Crippen LogP contribution in [0, 0.1) is 11.3 Å². The van der Waals surface area contributed by atoms with Gasteiger partial charge in [0.2, 0.25) is 0 Å². The standard InChI is InChI=1S/C15H30N2/c1-12-7-8-17(13(2)9-12)11-15(3,4)10-16-14-5-6-14/h12-14,16H,5-11H2,1-4H3. The van der Waals surface area contributed by atoms with Crippen LogP contribution in [0.5, 0.6) is 0 Å². The largest absolute Gasteiger partial charge is 0.313 e. The number of likely N-dealkylation sites (tertiary alicyclic amines) is 1. The molecule has 0 radical (unpaired) electrons. The summed E-state index contributed by atoms with van der Waals surface area (Å²) >= 11 is 0. The molecule has 0 bridgehead atoms. The average Bonchev–Trinajstić information content (AvgIpc) is 3.03. The zero-order valence-corrected chi connectivity index (χ0v) is 12.1. The Morgan fingerprint density at radius 1 is 1.18 bits per heavy atom. The van der Waals surface area contributed by atoms with Crippen molar-refractivity contribution in [1.82, 2.24) is 10.2 Å². The lowest BCUT2D eigenvalue weighted by molar-refractivity contribution is 0.0838. The van der Waals surface area contributed by atoms with Gasteiger partial charge >= 0.3 is 0 Å². The molecule has 2 heteroatoms. The molecular formula is C15H30N2. The van der Waals surface area contributed by atoms with E-state index in [0.29, 0.717) is 5.41 Å². The third-order valence-electron chi connectivity index (χ3n) is 4.35. The van der Waals surface area contributed by atoms with Gasteiger partial charge in [0.05, 0.1) is 0 Å². The summed E-state index contributed by atoms with van der Waals surface area (Å²) in [6.07, 6.45) is 5.56. The van der Waals surface area contributed by atoms with Crippen LogP contribution in [0.25, 0.3) is 0 Å². The van der Waals surface area contributed by atoms with E-state index in [1.165, 1.54) is 45.3 Å². The molecule has 0 amide bonds. The Bertz CT molecular complexity index is 245. The number of hydrogen-bond acceptors (Lipinski definition) is 2. The highest BCUT2D eigenvalue weighted by Crippen LogP contribution is 2.27. The molecule has 1 heterocycles. The second-order valence-electron chi connectivity index (χ2n) is 7.27. The summed E-state index contributed by atoms with van der Waals surface area (Å²) in [5.74, 6) is 0.925. The highest BCUT2D eigenvalue weighted by molar-refractivity contribution is 4.87. The molecule has 0 spiro atoms. The van der Waals surface area contributed by atoms with E-state index >= 15 is 0 Å². The van der Waals surface area contributed by atoms with Crippen molar-refractivity contribution in [2.45, 2.75) is 65.5 Å². The number of nitrogens with zero attached hydrogens (tertiary/aromatic N) is 1. The highest BCUT2D eigenvalue weighted by Gasteiger charge is 2.30. The fraction of sp³-hybridized carbons (Fsp3) is 1.00. The Balaban J connectivity index is 1.77. The topological polar surface area (TPSA) is 15.3 Å². The molecule has 1 saturated heterocycles. The van der Waals surface area contributed by atoms with Crippen LogP contribution in [0.15, 0.2) is 0 Å². The molecule has 2 fully saturated rings. The zero-order chi connectivity index (χ0) is 12.5. The Morgan fingerprint density at radius 3 is 2.47 bits per heavy atom. The lowest BCUT2D eigenvalue weighted by atomic mass is 9.88. The van der Waals surface area contributed by atoms with Gasteiger partial charge in [0.1, 0.15) is 0 Å². The molecule has 2 atom stereocenters. The van der Waals surface area contributed by atoms with Gasteiger partial charge in [-0.2, -0.15) is 0 Å². The first-order valence-electron chi connectivity index (χ1n) is 7.44. The summed E-state index contributed by atoms with van der Waals surface area (Å²) in [6, 6.07) is 1.62. The first-order chi connectivity index (χ1) is 7.96. The molecule has 1 saturated carbocycles. The summed E-state index contributed by atoms with van der Waals surface area (Å²) in [4.78, 5) is 2.70. The summed E-state index contributed by atoms with van der Waals surface area (Å²) in [6.45, 7) is 13.3. The van der Waals surface area contributed by atoms with Gasteiger partial charge in [-0.25, -0.2) is 0 Å². The van der Waals surface area contributed by atoms with Gasteiger partial charge in [0, 0.05) is 25.2 Å². The second kappa shape index (κ2) is 5.27. The van der Waals surface area contributed by atoms with Crippen molar-refractivity contribution in [1.29, 1.82) is 0 Å². The van der Waals surface area contributed by atoms with Gasteiger partial charge in [0.15, 0.2) is 0 Å². The molecule has 2 unspecified atom stereocenters. The van der Waals surface area contributed by atoms with Crippen LogP contribution in [0.2, 0.25) is 0 Å². The van der Waals surface area contributed by atoms with Crippen LogP contribution in [0.4, 0.5) is 0 Å². The molecule has 1 aliphatic heterocycles. The van der Waals surface area contributed by atoms with Crippen LogP contribution in [0.1, 0.15) is 53.4 Å². The molecule has 0 aromatic heterocycles. The van der Waals surface area contributed by atoms with Crippen molar-refractivity contribution in [2.75, 3.05) is 19.6 Å². The SMILES string of the molecule is CC1CCN(CC(C)(C)CNC2CC2)C(C)C1. The highest BCUT2D eigenvalue weighted by atomic mass is 15.2. The van der Waals surface area contributed by atoms with Crippen molar-refractivity contribution >= 4 is 0 Å². The van der Waals surface area contributed by atoms with Crippen molar-refractivity contribution in [3.63, 3.8) is 0 Å². The minimum absolute atomic E-state index is 0.414. The summed E-state index contributed by atoms with van der Waals surface area (Å²) < 4.78 is 0. The third-order valence-corrected chi connectivity index (χ3v) is 4.35. The maximum Gasteiger partial charge on any atom is 0.00697 e. The monoisotopic (exact) mass is 238 g/mol. The number of piperidine rings is 1. The molecule has 100 valence electrons. The van der Waals surface area contributed by atoms with Crippen LogP contribution in [-0.2, 0) is 0 Å². The predicted octanol–water partition coefficient (Wildman–Crippen LogP) is 2.89. The smallest absolute Gasteiger partial charge is 0.00697 e. The molecule has 2 nitrogen and oxygen atoms in total. The van der Waals surface area contributed by atoms with E-state index in [0.717, 1.165) is 18.0 Å². The van der Waals surface area contributed by atoms with E-state index in [-0.39, 0.29) is 0 Å². The molecular weight excluding hydrogens is 208 g/mol. The van der Waals surface area contributed by atoms with E-state index < -0.39 is 0 Å². The van der Waals surface area contributed by atoms with E-state index in [4.69, 9.17) is 0 Å². The lowest BCUT2D eigenvalue weighted by Gasteiger charge is -2.41. The third kappa shape index (κ3) is 4.26. The Kier molecular flexibility index (Phi) is 4.14. The van der Waals surface area contributed by atoms with Crippen LogP contribution < -0.4 is 5.32 Å². The Morgan fingerprint density at radius 2 is 1.88 bits per heavy atom. The summed E-state index contributed by atoms with van der Waals surface area (Å²) in [5, 5.41) is 3.68. The molecule has 0 aromatic rings. The maximum atomic E-state index is 3.68. The van der Waals surface area contributed by atoms with Crippen molar-refractivity contribution in [2.24, 2.45) is 11.3 Å². The molecule has 0 aromatic carbocycles. The van der Waals surface area contributed by atoms with Crippen LogP contribution >= 0.6 is 0 Å². The summed E-state index contributed by atoms with van der Waals surface area (Å²) in [5.41, 5.74) is 0.414. The minimum Gasteiger partial charge on any atom is -0.313 e. The van der Waals surface area contributed by atoms with Crippen molar-refractivity contribution in [3.8, 4) is 0 Å². The summed E-state index contributed by atoms with van der Waals surface area (Å²) in [7, 11) is 0. The van der Waals surface area contributed by atoms with Crippen LogP contribution in [-0.4, -0.2) is 36.6 Å². The van der Waals surface area contributed by atoms with Crippen molar-refractivity contribution in [3.05, 3.63) is 0 Å². The normalized spacial score (nSPS) is 31.8. The lowest BCUT2D eigenvalue weighted by Crippen LogP contribution is -2.47. The van der Waals surface area contributed by atoms with Gasteiger partial charge in [-0.05, 0) is 50.5 Å². The second-order valence-corrected chi connectivity index (χ2v) is 7.27. The molecule has 1 aliphatic carbocycles. The Hall–Kier alpha value is -0.0800. The molecule has 1 N–H and O–H groups in total. The maximum absolute atomic E-state index is 3.68. The number of rotatable bonds is 5. The van der Waals surface area contributed by atoms with Gasteiger partial charge in [0.25, 0.3) is 0 Å². The first-order valence-corrected chi connectivity index (χ1v) is 7.44. The fourth-order valence-electron chi connectivity index (χ4n) is 3.00. The van der Waals surface area contributed by atoms with E-state index in [1.54, 1.807) is 0 Å². The first kappa shape index (κ1) is 13.4. The van der Waals surface area contributed by atoms with E-state index in [9.17, 15) is 0 Å². The van der Waals surface area contributed by atoms with E-state index in [1.807, 2.05) is 0 Å². The predicted molar refractivity (Wildman–Crippen MR) is 74.2 cm³/mol. The Labute approximate surface area is 107 Å². The fourth-order valence-corrected chi connectivity index (χ4v) is 3.00. The van der Waals surface area contributed by atoms with Gasteiger partial charge in [-0.15, -0.1) is 0 Å². The quantitative estimate of drug-likeness (QED) is 0.792.